The maximum atomic E-state index is 13.4. The van der Waals surface area contributed by atoms with E-state index in [9.17, 15) is 14.0 Å². The van der Waals surface area contributed by atoms with E-state index in [0.29, 0.717) is 5.56 Å². The summed E-state index contributed by atoms with van der Waals surface area (Å²) < 4.78 is 28.1. The van der Waals surface area contributed by atoms with Gasteiger partial charge in [-0.15, -0.1) is 0 Å². The molecule has 0 aromatic heterocycles. The van der Waals surface area contributed by atoms with Crippen LogP contribution in [-0.2, 0) is 20.7 Å². The van der Waals surface area contributed by atoms with E-state index in [1.54, 1.807) is 20.8 Å². The highest BCUT2D eigenvalue weighted by Gasteiger charge is 2.25. The molecule has 0 aliphatic rings. The SMILES string of the molecule is COC(=O)C(Cc1ccc(F)c(OC)c1)NC(=O)OC(C)(C)C. The quantitative estimate of drug-likeness (QED) is 0.841. The van der Waals surface area contributed by atoms with Gasteiger partial charge in [0, 0.05) is 6.42 Å². The normalized spacial score (nSPS) is 12.3. The summed E-state index contributed by atoms with van der Waals surface area (Å²) in [5.74, 6) is -1.08. The number of rotatable bonds is 5. The molecule has 0 aliphatic carbocycles. The minimum atomic E-state index is -0.954. The van der Waals surface area contributed by atoms with Crippen LogP contribution >= 0.6 is 0 Å². The lowest BCUT2D eigenvalue weighted by molar-refractivity contribution is -0.143. The summed E-state index contributed by atoms with van der Waals surface area (Å²) in [4.78, 5) is 23.7. The average Bonchev–Trinajstić information content (AvgIpc) is 2.45. The van der Waals surface area contributed by atoms with Gasteiger partial charge >= 0.3 is 12.1 Å². The van der Waals surface area contributed by atoms with Crippen molar-refractivity contribution in [3.8, 4) is 5.75 Å². The fourth-order valence-corrected chi connectivity index (χ4v) is 1.85. The van der Waals surface area contributed by atoms with Crippen LogP contribution in [0.25, 0.3) is 0 Å². The molecule has 1 rings (SSSR count). The maximum absolute atomic E-state index is 13.4. The van der Waals surface area contributed by atoms with E-state index in [1.807, 2.05) is 0 Å². The van der Waals surface area contributed by atoms with Crippen LogP contribution in [0.5, 0.6) is 5.75 Å². The van der Waals surface area contributed by atoms with Gasteiger partial charge in [0.05, 0.1) is 14.2 Å². The van der Waals surface area contributed by atoms with Crippen molar-refractivity contribution in [1.82, 2.24) is 5.32 Å². The van der Waals surface area contributed by atoms with E-state index >= 15 is 0 Å². The van der Waals surface area contributed by atoms with Gasteiger partial charge in [0.25, 0.3) is 0 Å². The number of hydrogen-bond acceptors (Lipinski definition) is 5. The molecule has 1 amide bonds. The number of halogens is 1. The Labute approximate surface area is 134 Å². The number of carbonyl (C=O) groups is 2. The molecular formula is C16H22FNO5. The molecular weight excluding hydrogens is 305 g/mol. The van der Waals surface area contributed by atoms with Crippen LogP contribution in [0, 0.1) is 5.82 Å². The van der Waals surface area contributed by atoms with Crippen LogP contribution in [-0.4, -0.2) is 37.9 Å². The molecule has 0 saturated carbocycles. The van der Waals surface area contributed by atoms with E-state index in [4.69, 9.17) is 9.47 Å². The molecule has 6 nitrogen and oxygen atoms in total. The monoisotopic (exact) mass is 327 g/mol. The first kappa shape index (κ1) is 18.7. The zero-order chi connectivity index (χ0) is 17.6. The minimum absolute atomic E-state index is 0.0587. The van der Waals surface area contributed by atoms with Crippen molar-refractivity contribution in [1.29, 1.82) is 0 Å². The van der Waals surface area contributed by atoms with Crippen molar-refractivity contribution in [3.05, 3.63) is 29.6 Å². The first-order valence-electron chi connectivity index (χ1n) is 7.06. The van der Waals surface area contributed by atoms with Crippen LogP contribution in [0.4, 0.5) is 9.18 Å². The number of amides is 1. The predicted molar refractivity (Wildman–Crippen MR) is 81.8 cm³/mol. The highest BCUT2D eigenvalue weighted by molar-refractivity contribution is 5.81. The van der Waals surface area contributed by atoms with Gasteiger partial charge in [-0.2, -0.15) is 0 Å². The van der Waals surface area contributed by atoms with Crippen molar-refractivity contribution < 1.29 is 28.2 Å². The predicted octanol–water partition coefficient (Wildman–Crippen LogP) is 2.44. The number of hydrogen-bond donors (Lipinski definition) is 1. The van der Waals surface area contributed by atoms with Gasteiger partial charge in [0.15, 0.2) is 11.6 Å². The Morgan fingerprint density at radius 1 is 1.26 bits per heavy atom. The Balaban J connectivity index is 2.87. The third kappa shape index (κ3) is 6.14. The van der Waals surface area contributed by atoms with E-state index in [-0.39, 0.29) is 12.2 Å². The second kappa shape index (κ2) is 7.80. The molecule has 1 aromatic carbocycles. The molecule has 1 N–H and O–H groups in total. The number of esters is 1. The highest BCUT2D eigenvalue weighted by Crippen LogP contribution is 2.19. The van der Waals surface area contributed by atoms with Crippen LogP contribution in [0.15, 0.2) is 18.2 Å². The van der Waals surface area contributed by atoms with Gasteiger partial charge in [-0.05, 0) is 38.5 Å². The number of methoxy groups -OCH3 is 2. The summed E-state index contributed by atoms with van der Waals surface area (Å²) in [5, 5.41) is 2.45. The molecule has 0 spiro atoms. The lowest BCUT2D eigenvalue weighted by Gasteiger charge is -2.22. The van der Waals surface area contributed by atoms with E-state index in [0.717, 1.165) is 0 Å². The van der Waals surface area contributed by atoms with Crippen molar-refractivity contribution in [2.24, 2.45) is 0 Å². The first-order chi connectivity index (χ1) is 10.7. The van der Waals surface area contributed by atoms with Crippen molar-refractivity contribution in [2.75, 3.05) is 14.2 Å². The molecule has 0 radical (unpaired) electrons. The highest BCUT2D eigenvalue weighted by atomic mass is 19.1. The van der Waals surface area contributed by atoms with E-state index < -0.39 is 29.5 Å². The Bertz CT molecular complexity index is 568. The van der Waals surface area contributed by atoms with Gasteiger partial charge in [-0.3, -0.25) is 0 Å². The molecule has 128 valence electrons. The van der Waals surface area contributed by atoms with Gasteiger partial charge in [-0.25, -0.2) is 14.0 Å². The lowest BCUT2D eigenvalue weighted by Crippen LogP contribution is -2.45. The molecule has 0 saturated heterocycles. The van der Waals surface area contributed by atoms with E-state index in [2.05, 4.69) is 10.1 Å². The number of nitrogens with one attached hydrogen (secondary N) is 1. The molecule has 7 heteroatoms. The van der Waals surface area contributed by atoms with E-state index in [1.165, 1.54) is 32.4 Å². The zero-order valence-electron chi connectivity index (χ0n) is 13.9. The Morgan fingerprint density at radius 3 is 2.43 bits per heavy atom. The van der Waals surface area contributed by atoms with Crippen molar-refractivity contribution in [3.63, 3.8) is 0 Å². The van der Waals surface area contributed by atoms with Gasteiger partial charge in [-0.1, -0.05) is 6.07 Å². The summed E-state index contributed by atoms with van der Waals surface area (Å²) in [6.07, 6.45) is -0.621. The molecule has 1 unspecified atom stereocenters. The number of carbonyl (C=O) groups excluding carboxylic acids is 2. The molecule has 1 aromatic rings. The number of alkyl carbamates (subject to hydrolysis) is 1. The summed E-state index contributed by atoms with van der Waals surface area (Å²) >= 11 is 0. The smallest absolute Gasteiger partial charge is 0.408 e. The summed E-state index contributed by atoms with van der Waals surface area (Å²) in [5.41, 5.74) is -0.0844. The molecule has 0 fully saturated rings. The first-order valence-corrected chi connectivity index (χ1v) is 7.06. The Hall–Kier alpha value is -2.31. The van der Waals surface area contributed by atoms with Crippen molar-refractivity contribution >= 4 is 12.1 Å². The Kier molecular flexibility index (Phi) is 6.36. The number of benzene rings is 1. The van der Waals surface area contributed by atoms with Crippen molar-refractivity contribution in [2.45, 2.75) is 38.8 Å². The summed E-state index contributed by atoms with van der Waals surface area (Å²) in [6, 6.07) is 3.24. The van der Waals surface area contributed by atoms with Crippen LogP contribution in [0.2, 0.25) is 0 Å². The van der Waals surface area contributed by atoms with Gasteiger partial charge in [0.2, 0.25) is 0 Å². The molecule has 23 heavy (non-hydrogen) atoms. The lowest BCUT2D eigenvalue weighted by atomic mass is 10.1. The second-order valence-corrected chi connectivity index (χ2v) is 5.89. The zero-order valence-corrected chi connectivity index (χ0v) is 13.9. The third-order valence-electron chi connectivity index (χ3n) is 2.83. The molecule has 0 aliphatic heterocycles. The largest absolute Gasteiger partial charge is 0.494 e. The topological polar surface area (TPSA) is 73.9 Å². The molecule has 0 heterocycles. The fourth-order valence-electron chi connectivity index (χ4n) is 1.85. The molecule has 0 bridgehead atoms. The standard InChI is InChI=1S/C16H22FNO5/c1-16(2,3)23-15(20)18-12(14(19)22-5)8-10-6-7-11(17)13(9-10)21-4/h6-7,9,12H,8H2,1-5H3,(H,18,20). The maximum Gasteiger partial charge on any atom is 0.408 e. The summed E-state index contributed by atoms with van der Waals surface area (Å²) in [7, 11) is 2.57. The second-order valence-electron chi connectivity index (χ2n) is 5.89. The van der Waals surface area contributed by atoms with Gasteiger partial charge in [0.1, 0.15) is 11.6 Å². The average molecular weight is 327 g/mol. The minimum Gasteiger partial charge on any atom is -0.494 e. The van der Waals surface area contributed by atoms with Crippen LogP contribution < -0.4 is 10.1 Å². The number of ether oxygens (including phenoxy) is 3. The van der Waals surface area contributed by atoms with Gasteiger partial charge < -0.3 is 19.5 Å². The van der Waals surface area contributed by atoms with Crippen LogP contribution in [0.3, 0.4) is 0 Å². The fraction of sp³-hybridized carbons (Fsp3) is 0.500. The summed E-state index contributed by atoms with van der Waals surface area (Å²) in [6.45, 7) is 5.14. The molecule has 1 atom stereocenters. The van der Waals surface area contributed by atoms with Crippen LogP contribution in [0.1, 0.15) is 26.3 Å². The Morgan fingerprint density at radius 2 is 1.91 bits per heavy atom. The third-order valence-corrected chi connectivity index (χ3v) is 2.83.